The first-order chi connectivity index (χ1) is 12.7. The van der Waals surface area contributed by atoms with Crippen LogP contribution in [0.4, 0.5) is 5.69 Å². The Morgan fingerprint density at radius 3 is 2.50 bits per heavy atom. The zero-order chi connectivity index (χ0) is 17.7. The molecule has 0 spiro atoms. The second kappa shape index (κ2) is 5.49. The summed E-state index contributed by atoms with van der Waals surface area (Å²) in [7, 11) is 0. The molecule has 3 aromatic carbocycles. The lowest BCUT2D eigenvalue weighted by Gasteiger charge is -1.97. The number of rotatable bonds is 1. The fourth-order valence-corrected chi connectivity index (χ4v) is 3.00. The predicted molar refractivity (Wildman–Crippen MR) is 103 cm³/mol. The molecule has 0 unspecified atom stereocenters. The molecule has 0 aliphatic carbocycles. The van der Waals surface area contributed by atoms with Gasteiger partial charge >= 0.3 is 0 Å². The van der Waals surface area contributed by atoms with Gasteiger partial charge in [-0.15, -0.1) is 0 Å². The number of fused-ring (bicyclic) bond motifs is 2. The fraction of sp³-hybridized carbons (Fsp3) is 0.0455. The van der Waals surface area contributed by atoms with Gasteiger partial charge in [-0.3, -0.25) is 0 Å². The topological polar surface area (TPSA) is 47.3 Å². The fourth-order valence-electron chi connectivity index (χ4n) is 3.00. The summed E-state index contributed by atoms with van der Waals surface area (Å²) in [6, 6.07) is 19.8. The van der Waals surface area contributed by atoms with Crippen LogP contribution < -0.4 is 20.5 Å². The number of aromatic nitrogens is 1. The third kappa shape index (κ3) is 2.43. The molecule has 26 heavy (non-hydrogen) atoms. The third-order valence-electron chi connectivity index (χ3n) is 4.46. The largest absolute Gasteiger partial charge is 0.438 e. The van der Waals surface area contributed by atoms with Gasteiger partial charge in [0.2, 0.25) is 11.8 Å². The smallest absolute Gasteiger partial charge is 0.227 e. The quantitative estimate of drug-likeness (QED) is 0.573. The van der Waals surface area contributed by atoms with Crippen LogP contribution >= 0.6 is 0 Å². The number of hydrogen-bond acceptors (Lipinski definition) is 4. The molecular formula is C22H16N2O2. The molecule has 0 saturated heterocycles. The van der Waals surface area contributed by atoms with Gasteiger partial charge in [0.1, 0.15) is 5.52 Å². The van der Waals surface area contributed by atoms with Crippen LogP contribution in [0.15, 0.2) is 65.1 Å². The maximum Gasteiger partial charge on any atom is 0.227 e. The maximum atomic E-state index is 5.97. The van der Waals surface area contributed by atoms with E-state index >= 15 is 0 Å². The summed E-state index contributed by atoms with van der Waals surface area (Å²) >= 11 is 0. The Morgan fingerprint density at radius 2 is 1.73 bits per heavy atom. The van der Waals surface area contributed by atoms with Crippen molar-refractivity contribution in [3.8, 4) is 17.2 Å². The Labute approximate surface area is 150 Å². The van der Waals surface area contributed by atoms with Crippen LogP contribution in [0.25, 0.3) is 35.0 Å². The van der Waals surface area contributed by atoms with Crippen LogP contribution in [0, 0.1) is 6.92 Å². The van der Waals surface area contributed by atoms with Crippen molar-refractivity contribution in [1.82, 2.24) is 4.98 Å². The van der Waals surface area contributed by atoms with Gasteiger partial charge in [0.25, 0.3) is 0 Å². The molecule has 0 saturated carbocycles. The molecule has 4 heteroatoms. The number of anilines is 1. The Hall–Kier alpha value is -3.53. The lowest BCUT2D eigenvalue weighted by molar-refractivity contribution is 0.528. The van der Waals surface area contributed by atoms with Gasteiger partial charge < -0.3 is 14.5 Å². The maximum absolute atomic E-state index is 5.97. The minimum absolute atomic E-state index is 0.610. The molecule has 0 radical (unpaired) electrons. The van der Waals surface area contributed by atoms with E-state index in [2.05, 4.69) is 23.8 Å². The number of nitrogens with one attached hydrogen (secondary N) is 1. The van der Waals surface area contributed by atoms with E-state index in [4.69, 9.17) is 9.15 Å². The Bertz CT molecular complexity index is 1190. The summed E-state index contributed by atoms with van der Waals surface area (Å²) in [4.78, 5) is 4.62. The van der Waals surface area contributed by atoms with E-state index in [1.807, 2.05) is 60.7 Å². The summed E-state index contributed by atoms with van der Waals surface area (Å²) in [6.07, 6.45) is 0. The van der Waals surface area contributed by atoms with Crippen LogP contribution in [-0.4, -0.2) is 4.98 Å². The second-order valence-corrected chi connectivity index (χ2v) is 6.45. The van der Waals surface area contributed by atoms with Crippen molar-refractivity contribution >= 4 is 29.2 Å². The zero-order valence-electron chi connectivity index (χ0n) is 14.2. The molecule has 0 fully saturated rings. The van der Waals surface area contributed by atoms with Gasteiger partial charge in [-0.25, -0.2) is 4.98 Å². The molecule has 0 bridgehead atoms. The SMILES string of the molecule is C=c1ccc(=C2Nc3cc4nc(-c5ccc(C)cc5)oc4cc3O2)cc1. The molecule has 1 aliphatic rings. The molecule has 5 rings (SSSR count). The predicted octanol–water partition coefficient (Wildman–Crippen LogP) is 3.78. The Kier molecular flexibility index (Phi) is 3.12. The van der Waals surface area contributed by atoms with Crippen molar-refractivity contribution in [2.75, 3.05) is 5.32 Å². The molecular weight excluding hydrogens is 324 g/mol. The van der Waals surface area contributed by atoms with E-state index in [1.165, 1.54) is 5.56 Å². The average Bonchev–Trinajstić information content (AvgIpc) is 3.23. The number of hydrogen-bond donors (Lipinski definition) is 1. The van der Waals surface area contributed by atoms with Crippen molar-refractivity contribution in [3.05, 3.63) is 76.7 Å². The number of ether oxygens (including phenoxy) is 1. The standard InChI is InChI=1S/C22H16N2O2/c1-13-3-7-15(8-4-13)21-23-17-11-18-20(12-19(17)25-21)26-22(24-18)16-9-5-14(2)6-10-16/h3-12,23H,1H2,2H3. The van der Waals surface area contributed by atoms with Crippen molar-refractivity contribution in [2.24, 2.45) is 0 Å². The van der Waals surface area contributed by atoms with Gasteiger partial charge in [0, 0.05) is 16.8 Å². The number of oxazole rings is 1. The van der Waals surface area contributed by atoms with Crippen LogP contribution in [0.1, 0.15) is 5.56 Å². The van der Waals surface area contributed by atoms with E-state index in [0.717, 1.165) is 33.0 Å². The Morgan fingerprint density at radius 1 is 0.962 bits per heavy atom. The molecule has 1 N–H and O–H groups in total. The molecule has 126 valence electrons. The summed E-state index contributed by atoms with van der Waals surface area (Å²) in [5.41, 5.74) is 4.55. The average molecular weight is 340 g/mol. The number of benzene rings is 3. The van der Waals surface area contributed by atoms with Crippen molar-refractivity contribution in [2.45, 2.75) is 6.92 Å². The van der Waals surface area contributed by atoms with Crippen molar-refractivity contribution in [1.29, 1.82) is 0 Å². The van der Waals surface area contributed by atoms with E-state index in [1.54, 1.807) is 0 Å². The zero-order valence-corrected chi connectivity index (χ0v) is 14.2. The third-order valence-corrected chi connectivity index (χ3v) is 4.46. The highest BCUT2D eigenvalue weighted by atomic mass is 16.5. The monoisotopic (exact) mass is 340 g/mol. The molecule has 0 atom stereocenters. The van der Waals surface area contributed by atoms with Gasteiger partial charge in [0.15, 0.2) is 11.3 Å². The van der Waals surface area contributed by atoms with Crippen LogP contribution in [-0.2, 0) is 0 Å². The minimum Gasteiger partial charge on any atom is -0.438 e. The molecule has 4 aromatic rings. The Balaban J connectivity index is 1.56. The van der Waals surface area contributed by atoms with E-state index in [-0.39, 0.29) is 0 Å². The highest BCUT2D eigenvalue weighted by Gasteiger charge is 2.20. The molecule has 4 nitrogen and oxygen atoms in total. The van der Waals surface area contributed by atoms with Gasteiger partial charge in [-0.2, -0.15) is 0 Å². The van der Waals surface area contributed by atoms with E-state index in [0.29, 0.717) is 17.4 Å². The molecule has 2 heterocycles. The number of aryl methyl sites for hydroxylation is 1. The summed E-state index contributed by atoms with van der Waals surface area (Å²) in [5.74, 6) is 2.04. The first-order valence-corrected chi connectivity index (χ1v) is 8.41. The second-order valence-electron chi connectivity index (χ2n) is 6.45. The first kappa shape index (κ1) is 14.8. The molecule has 1 aliphatic heterocycles. The van der Waals surface area contributed by atoms with Gasteiger partial charge in [-0.1, -0.05) is 36.4 Å². The van der Waals surface area contributed by atoms with Gasteiger partial charge in [-0.05, 0) is 42.5 Å². The normalized spacial score (nSPS) is 12.7. The van der Waals surface area contributed by atoms with Crippen LogP contribution in [0.5, 0.6) is 5.75 Å². The molecule has 1 aromatic heterocycles. The lowest BCUT2D eigenvalue weighted by atomic mass is 10.1. The first-order valence-electron chi connectivity index (χ1n) is 8.41. The van der Waals surface area contributed by atoms with Crippen LogP contribution in [0.3, 0.4) is 0 Å². The van der Waals surface area contributed by atoms with E-state index in [9.17, 15) is 0 Å². The highest BCUT2D eigenvalue weighted by Crippen LogP contribution is 2.38. The summed E-state index contributed by atoms with van der Waals surface area (Å²) in [6.45, 7) is 5.96. The van der Waals surface area contributed by atoms with E-state index < -0.39 is 0 Å². The van der Waals surface area contributed by atoms with Crippen LogP contribution in [0.2, 0.25) is 0 Å². The molecule has 0 amide bonds. The van der Waals surface area contributed by atoms with Gasteiger partial charge in [0.05, 0.1) is 5.69 Å². The lowest BCUT2D eigenvalue weighted by Crippen LogP contribution is -2.14. The summed E-state index contributed by atoms with van der Waals surface area (Å²) in [5, 5.41) is 5.25. The van der Waals surface area contributed by atoms with Crippen molar-refractivity contribution in [3.63, 3.8) is 0 Å². The minimum atomic E-state index is 0.610. The van der Waals surface area contributed by atoms with Crippen molar-refractivity contribution < 1.29 is 9.15 Å². The highest BCUT2D eigenvalue weighted by molar-refractivity contribution is 5.88. The summed E-state index contributed by atoms with van der Waals surface area (Å²) < 4.78 is 11.9. The number of nitrogens with zero attached hydrogens (tertiary/aromatic N) is 1.